The van der Waals surface area contributed by atoms with Gasteiger partial charge in [0.1, 0.15) is 6.54 Å². The second kappa shape index (κ2) is 9.50. The highest BCUT2D eigenvalue weighted by Crippen LogP contribution is 2.17. The van der Waals surface area contributed by atoms with Crippen molar-refractivity contribution in [3.05, 3.63) is 78.4 Å². The summed E-state index contributed by atoms with van der Waals surface area (Å²) in [7, 11) is 0. The minimum Gasteiger partial charge on any atom is -0.465 e. The van der Waals surface area contributed by atoms with Gasteiger partial charge < -0.3 is 9.47 Å². The van der Waals surface area contributed by atoms with Crippen LogP contribution in [-0.2, 0) is 19.1 Å². The van der Waals surface area contributed by atoms with Gasteiger partial charge >= 0.3 is 11.9 Å². The fourth-order valence-electron chi connectivity index (χ4n) is 2.87. The minimum absolute atomic E-state index is 0.215. The van der Waals surface area contributed by atoms with Crippen LogP contribution in [0.2, 0.25) is 0 Å². The molecule has 6 nitrogen and oxygen atoms in total. The quantitative estimate of drug-likeness (QED) is 0.576. The summed E-state index contributed by atoms with van der Waals surface area (Å²) in [6.45, 7) is 1.16. The van der Waals surface area contributed by atoms with Crippen LogP contribution >= 0.6 is 0 Å². The molecule has 0 aliphatic heterocycles. The van der Waals surface area contributed by atoms with Crippen LogP contribution in [0.25, 0.3) is 10.8 Å². The summed E-state index contributed by atoms with van der Waals surface area (Å²) in [5.74, 6) is -1.66. The van der Waals surface area contributed by atoms with Crippen molar-refractivity contribution in [1.82, 2.24) is 0 Å². The van der Waals surface area contributed by atoms with Crippen molar-refractivity contribution in [3.63, 3.8) is 0 Å². The number of amides is 1. The molecule has 0 aromatic heterocycles. The Morgan fingerprint density at radius 2 is 1.52 bits per heavy atom. The second-order valence-corrected chi connectivity index (χ2v) is 6.26. The van der Waals surface area contributed by atoms with E-state index in [0.717, 1.165) is 10.8 Å². The molecule has 0 fully saturated rings. The number of benzene rings is 3. The van der Waals surface area contributed by atoms with Gasteiger partial charge in [-0.2, -0.15) is 0 Å². The average Bonchev–Trinajstić information content (AvgIpc) is 2.76. The van der Waals surface area contributed by atoms with Gasteiger partial charge in [0.15, 0.2) is 6.61 Å². The molecule has 1 amide bonds. The lowest BCUT2D eigenvalue weighted by Gasteiger charge is -2.21. The Kier molecular flexibility index (Phi) is 6.58. The Hall–Kier alpha value is -3.67. The number of anilines is 1. The molecule has 3 aromatic carbocycles. The highest BCUT2D eigenvalue weighted by atomic mass is 16.5. The molecule has 3 aromatic rings. The van der Waals surface area contributed by atoms with E-state index in [9.17, 15) is 14.4 Å². The predicted molar refractivity (Wildman–Crippen MR) is 110 cm³/mol. The highest BCUT2D eigenvalue weighted by molar-refractivity contribution is 6.01. The van der Waals surface area contributed by atoms with E-state index in [1.54, 1.807) is 49.4 Å². The molecular formula is C23H21NO5. The van der Waals surface area contributed by atoms with Gasteiger partial charge in [0.25, 0.3) is 5.91 Å². The monoisotopic (exact) mass is 391 g/mol. The maximum Gasteiger partial charge on any atom is 0.338 e. The zero-order valence-electron chi connectivity index (χ0n) is 16.0. The van der Waals surface area contributed by atoms with Crippen molar-refractivity contribution in [1.29, 1.82) is 0 Å². The minimum atomic E-state index is -0.603. The third-order valence-electron chi connectivity index (χ3n) is 4.27. The van der Waals surface area contributed by atoms with E-state index in [1.165, 1.54) is 4.90 Å². The normalized spacial score (nSPS) is 10.4. The van der Waals surface area contributed by atoms with Gasteiger partial charge in [-0.05, 0) is 42.0 Å². The van der Waals surface area contributed by atoms with E-state index in [-0.39, 0.29) is 13.2 Å². The molecule has 0 saturated carbocycles. The number of ether oxygens (including phenoxy) is 2. The maximum absolute atomic E-state index is 12.7. The van der Waals surface area contributed by atoms with Gasteiger partial charge in [-0.25, -0.2) is 4.79 Å². The van der Waals surface area contributed by atoms with Crippen LogP contribution in [0.4, 0.5) is 5.69 Å². The number of fused-ring (bicyclic) bond motifs is 1. The zero-order valence-corrected chi connectivity index (χ0v) is 16.0. The summed E-state index contributed by atoms with van der Waals surface area (Å²) in [6, 6.07) is 21.5. The summed E-state index contributed by atoms with van der Waals surface area (Å²) < 4.78 is 10.1. The largest absolute Gasteiger partial charge is 0.465 e. The molecule has 148 valence electrons. The molecule has 0 bridgehead atoms. The number of carbonyl (C=O) groups is 3. The zero-order chi connectivity index (χ0) is 20.6. The standard InChI is InChI=1S/C23H21NO5/c1-2-28-22(26)15-24(20-10-4-3-5-11-20)21(25)16-29-23(27)19-13-12-17-8-6-7-9-18(17)14-19/h3-14H,2,15-16H2,1H3. The van der Waals surface area contributed by atoms with Crippen LogP contribution in [0, 0.1) is 0 Å². The molecule has 0 atom stereocenters. The first-order valence-electron chi connectivity index (χ1n) is 9.25. The molecule has 0 aliphatic carbocycles. The fourth-order valence-corrected chi connectivity index (χ4v) is 2.87. The van der Waals surface area contributed by atoms with Gasteiger partial charge in [0, 0.05) is 5.69 Å². The Bertz CT molecular complexity index is 1020. The molecule has 0 saturated heterocycles. The third kappa shape index (κ3) is 5.19. The fraction of sp³-hybridized carbons (Fsp3) is 0.174. The molecule has 0 spiro atoms. The van der Waals surface area contributed by atoms with Crippen LogP contribution in [0.15, 0.2) is 72.8 Å². The summed E-state index contributed by atoms with van der Waals surface area (Å²) in [5.41, 5.74) is 0.875. The summed E-state index contributed by atoms with van der Waals surface area (Å²) in [5, 5.41) is 1.91. The lowest BCUT2D eigenvalue weighted by Crippen LogP contribution is -2.39. The van der Waals surface area contributed by atoms with E-state index in [0.29, 0.717) is 11.3 Å². The topological polar surface area (TPSA) is 72.9 Å². The maximum atomic E-state index is 12.7. The lowest BCUT2D eigenvalue weighted by molar-refractivity contribution is -0.142. The van der Waals surface area contributed by atoms with Gasteiger partial charge in [-0.3, -0.25) is 14.5 Å². The average molecular weight is 391 g/mol. The molecule has 0 heterocycles. The Morgan fingerprint density at radius 3 is 2.24 bits per heavy atom. The molecule has 0 unspecified atom stereocenters. The van der Waals surface area contributed by atoms with Crippen molar-refractivity contribution >= 4 is 34.3 Å². The number of hydrogen-bond acceptors (Lipinski definition) is 5. The molecule has 6 heteroatoms. The van der Waals surface area contributed by atoms with E-state index in [2.05, 4.69) is 0 Å². The predicted octanol–water partition coefficient (Wildman–Crippen LogP) is 3.59. The van der Waals surface area contributed by atoms with Crippen molar-refractivity contribution in [2.45, 2.75) is 6.92 Å². The van der Waals surface area contributed by atoms with E-state index in [1.807, 2.05) is 30.3 Å². The molecular weight excluding hydrogens is 370 g/mol. The number of nitrogens with zero attached hydrogens (tertiary/aromatic N) is 1. The van der Waals surface area contributed by atoms with Crippen LogP contribution in [0.3, 0.4) is 0 Å². The number of carbonyl (C=O) groups excluding carboxylic acids is 3. The number of hydrogen-bond donors (Lipinski definition) is 0. The first kappa shape index (κ1) is 20.1. The smallest absolute Gasteiger partial charge is 0.338 e. The van der Waals surface area contributed by atoms with Crippen molar-refractivity contribution in [3.8, 4) is 0 Å². The summed E-state index contributed by atoms with van der Waals surface area (Å²) >= 11 is 0. The van der Waals surface area contributed by atoms with Crippen LogP contribution in [0.1, 0.15) is 17.3 Å². The van der Waals surface area contributed by atoms with Gasteiger partial charge in [0.05, 0.1) is 12.2 Å². The van der Waals surface area contributed by atoms with E-state index < -0.39 is 24.5 Å². The Morgan fingerprint density at radius 1 is 0.828 bits per heavy atom. The second-order valence-electron chi connectivity index (χ2n) is 6.26. The highest BCUT2D eigenvalue weighted by Gasteiger charge is 2.21. The van der Waals surface area contributed by atoms with E-state index in [4.69, 9.17) is 9.47 Å². The van der Waals surface area contributed by atoms with Crippen molar-refractivity contribution in [2.24, 2.45) is 0 Å². The van der Waals surface area contributed by atoms with Crippen LogP contribution < -0.4 is 4.90 Å². The molecule has 0 radical (unpaired) electrons. The van der Waals surface area contributed by atoms with Crippen molar-refractivity contribution < 1.29 is 23.9 Å². The summed E-state index contributed by atoms with van der Waals surface area (Å²) in [6.07, 6.45) is 0. The van der Waals surface area contributed by atoms with Gasteiger partial charge in [0.2, 0.25) is 0 Å². The SMILES string of the molecule is CCOC(=O)CN(C(=O)COC(=O)c1ccc2ccccc2c1)c1ccccc1. The number of rotatable bonds is 7. The lowest BCUT2D eigenvalue weighted by atomic mass is 10.1. The Balaban J connectivity index is 1.69. The third-order valence-corrected chi connectivity index (χ3v) is 4.27. The van der Waals surface area contributed by atoms with Crippen LogP contribution in [-0.4, -0.2) is 37.6 Å². The Labute approximate surface area is 168 Å². The van der Waals surface area contributed by atoms with E-state index >= 15 is 0 Å². The number of para-hydroxylation sites is 1. The number of esters is 2. The van der Waals surface area contributed by atoms with Gasteiger partial charge in [-0.1, -0.05) is 48.5 Å². The summed E-state index contributed by atoms with van der Waals surface area (Å²) in [4.78, 5) is 38.2. The molecule has 29 heavy (non-hydrogen) atoms. The van der Waals surface area contributed by atoms with Crippen molar-refractivity contribution in [2.75, 3.05) is 24.7 Å². The van der Waals surface area contributed by atoms with Gasteiger partial charge in [-0.15, -0.1) is 0 Å². The van der Waals surface area contributed by atoms with Crippen LogP contribution in [0.5, 0.6) is 0 Å². The molecule has 3 rings (SSSR count). The molecule has 0 N–H and O–H groups in total. The molecule has 0 aliphatic rings. The first-order chi connectivity index (χ1) is 14.1. The first-order valence-corrected chi connectivity index (χ1v) is 9.25.